The van der Waals surface area contributed by atoms with Crippen LogP contribution in [0.3, 0.4) is 0 Å². The zero-order chi connectivity index (χ0) is 9.68. The summed E-state index contributed by atoms with van der Waals surface area (Å²) in [4.78, 5) is 0. The summed E-state index contributed by atoms with van der Waals surface area (Å²) in [5.41, 5.74) is 3.71. The predicted octanol–water partition coefficient (Wildman–Crippen LogP) is 1.21. The Kier molecular flexibility index (Phi) is 3.95. The topological polar surface area (TPSA) is 60.4 Å². The molecule has 2 unspecified atom stereocenters. The van der Waals surface area contributed by atoms with Crippen molar-refractivity contribution < 1.29 is 9.15 Å². The van der Waals surface area contributed by atoms with Gasteiger partial charge < -0.3 is 9.15 Å². The highest BCUT2D eigenvalue weighted by molar-refractivity contribution is 5.12. The minimum absolute atomic E-state index is 0.0151. The lowest BCUT2D eigenvalue weighted by Gasteiger charge is -2.21. The largest absolute Gasteiger partial charge is 0.472 e. The molecule has 13 heavy (non-hydrogen) atoms. The van der Waals surface area contributed by atoms with Gasteiger partial charge in [-0.25, -0.2) is 0 Å². The zero-order valence-electron chi connectivity index (χ0n) is 7.99. The van der Waals surface area contributed by atoms with Crippen LogP contribution in [-0.4, -0.2) is 12.7 Å². The minimum atomic E-state index is -0.0151. The van der Waals surface area contributed by atoms with Crippen LogP contribution in [0.1, 0.15) is 25.5 Å². The number of hydrogen-bond donors (Lipinski definition) is 2. The Labute approximate surface area is 78.0 Å². The van der Waals surface area contributed by atoms with Crippen LogP contribution in [0.5, 0.6) is 0 Å². The highest BCUT2D eigenvalue weighted by atomic mass is 16.5. The van der Waals surface area contributed by atoms with Gasteiger partial charge in [-0.05, 0) is 19.9 Å². The molecule has 4 heteroatoms. The lowest BCUT2D eigenvalue weighted by Crippen LogP contribution is -2.36. The van der Waals surface area contributed by atoms with E-state index in [1.54, 1.807) is 12.5 Å². The molecule has 74 valence electrons. The van der Waals surface area contributed by atoms with E-state index in [0.29, 0.717) is 6.61 Å². The maximum atomic E-state index is 5.43. The summed E-state index contributed by atoms with van der Waals surface area (Å²) in [5, 5.41) is 0. The van der Waals surface area contributed by atoms with Crippen molar-refractivity contribution in [1.29, 1.82) is 0 Å². The first-order chi connectivity index (χ1) is 6.29. The second-order valence-corrected chi connectivity index (χ2v) is 2.86. The average molecular weight is 184 g/mol. The van der Waals surface area contributed by atoms with Crippen molar-refractivity contribution in [2.75, 3.05) is 6.61 Å². The molecule has 4 nitrogen and oxygen atoms in total. The smallest absolute Gasteiger partial charge is 0.0951 e. The molecule has 1 aromatic rings. The number of nitrogens with two attached hydrogens (primary N) is 1. The van der Waals surface area contributed by atoms with Gasteiger partial charge in [0.25, 0.3) is 0 Å². The van der Waals surface area contributed by atoms with Crippen molar-refractivity contribution in [1.82, 2.24) is 5.43 Å². The molecule has 0 aromatic carbocycles. The molecule has 0 bridgehead atoms. The monoisotopic (exact) mass is 184 g/mol. The summed E-state index contributed by atoms with van der Waals surface area (Å²) in [6.45, 7) is 4.61. The molecule has 3 N–H and O–H groups in total. The maximum absolute atomic E-state index is 5.43. The van der Waals surface area contributed by atoms with Crippen molar-refractivity contribution >= 4 is 0 Å². The second-order valence-electron chi connectivity index (χ2n) is 2.86. The van der Waals surface area contributed by atoms with Crippen LogP contribution in [0.4, 0.5) is 0 Å². The summed E-state index contributed by atoms with van der Waals surface area (Å²) in [6, 6.07) is 1.86. The van der Waals surface area contributed by atoms with Crippen LogP contribution in [0.2, 0.25) is 0 Å². The molecule has 0 amide bonds. The third-order valence-electron chi connectivity index (χ3n) is 1.98. The van der Waals surface area contributed by atoms with Gasteiger partial charge in [0.2, 0.25) is 0 Å². The molecule has 1 rings (SSSR count). The lowest BCUT2D eigenvalue weighted by atomic mass is 10.1. The van der Waals surface area contributed by atoms with Gasteiger partial charge in [-0.15, -0.1) is 0 Å². The molecule has 0 saturated heterocycles. The highest BCUT2D eigenvalue weighted by Crippen LogP contribution is 2.18. The zero-order valence-corrected chi connectivity index (χ0v) is 7.99. The molecular weight excluding hydrogens is 168 g/mol. The third-order valence-corrected chi connectivity index (χ3v) is 1.98. The van der Waals surface area contributed by atoms with Crippen molar-refractivity contribution in [2.24, 2.45) is 5.84 Å². The Bertz CT molecular complexity index is 224. The van der Waals surface area contributed by atoms with E-state index in [1.807, 2.05) is 19.9 Å². The molecule has 0 spiro atoms. The van der Waals surface area contributed by atoms with Crippen LogP contribution < -0.4 is 11.3 Å². The number of hydrazine groups is 1. The molecule has 0 aliphatic heterocycles. The maximum Gasteiger partial charge on any atom is 0.0951 e. The van der Waals surface area contributed by atoms with Gasteiger partial charge in [0.1, 0.15) is 0 Å². The van der Waals surface area contributed by atoms with Gasteiger partial charge in [0.15, 0.2) is 0 Å². The van der Waals surface area contributed by atoms with Gasteiger partial charge in [-0.3, -0.25) is 11.3 Å². The van der Waals surface area contributed by atoms with Crippen molar-refractivity contribution in [3.63, 3.8) is 0 Å². The van der Waals surface area contributed by atoms with E-state index >= 15 is 0 Å². The molecular formula is C9H16N2O2. The first kappa shape index (κ1) is 10.2. The Morgan fingerprint density at radius 2 is 2.46 bits per heavy atom. The minimum Gasteiger partial charge on any atom is -0.472 e. The number of furan rings is 1. The molecule has 0 radical (unpaired) electrons. The van der Waals surface area contributed by atoms with Gasteiger partial charge in [0.05, 0.1) is 24.7 Å². The normalized spacial score (nSPS) is 15.6. The average Bonchev–Trinajstić information content (AvgIpc) is 2.59. The molecule has 0 aliphatic carbocycles. The number of ether oxygens (including phenoxy) is 1. The van der Waals surface area contributed by atoms with Crippen molar-refractivity contribution in [3.05, 3.63) is 24.2 Å². The summed E-state index contributed by atoms with van der Waals surface area (Å²) in [6.07, 6.45) is 3.32. The number of hydrogen-bond acceptors (Lipinski definition) is 4. The standard InChI is InChI=1S/C9H16N2O2/c1-3-13-7(2)9(11-10)8-4-5-12-6-8/h4-7,9,11H,3,10H2,1-2H3. The van der Waals surface area contributed by atoms with Crippen LogP contribution >= 0.6 is 0 Å². The number of nitrogens with one attached hydrogen (secondary N) is 1. The Balaban J connectivity index is 2.62. The van der Waals surface area contributed by atoms with Gasteiger partial charge in [0, 0.05) is 12.2 Å². The summed E-state index contributed by atoms with van der Waals surface area (Å²) >= 11 is 0. The number of rotatable bonds is 5. The quantitative estimate of drug-likeness (QED) is 0.533. The molecule has 1 aromatic heterocycles. The van der Waals surface area contributed by atoms with E-state index in [0.717, 1.165) is 5.56 Å². The van der Waals surface area contributed by atoms with E-state index in [1.165, 1.54) is 0 Å². The SMILES string of the molecule is CCOC(C)C(NN)c1ccoc1. The fourth-order valence-corrected chi connectivity index (χ4v) is 1.31. The third kappa shape index (κ3) is 2.55. The van der Waals surface area contributed by atoms with Gasteiger partial charge >= 0.3 is 0 Å². The molecule has 0 saturated carbocycles. The molecule has 2 atom stereocenters. The van der Waals surface area contributed by atoms with Gasteiger partial charge in [-0.2, -0.15) is 0 Å². The first-order valence-electron chi connectivity index (χ1n) is 4.39. The van der Waals surface area contributed by atoms with Crippen molar-refractivity contribution in [2.45, 2.75) is 26.0 Å². The Hall–Kier alpha value is -0.840. The fourth-order valence-electron chi connectivity index (χ4n) is 1.31. The van der Waals surface area contributed by atoms with E-state index in [9.17, 15) is 0 Å². The second kappa shape index (κ2) is 5.01. The van der Waals surface area contributed by atoms with E-state index < -0.39 is 0 Å². The Morgan fingerprint density at radius 1 is 1.69 bits per heavy atom. The summed E-state index contributed by atoms with van der Waals surface area (Å²) in [5.74, 6) is 5.42. The fraction of sp³-hybridized carbons (Fsp3) is 0.556. The summed E-state index contributed by atoms with van der Waals surface area (Å²) < 4.78 is 10.4. The van der Waals surface area contributed by atoms with Crippen molar-refractivity contribution in [3.8, 4) is 0 Å². The molecule has 0 fully saturated rings. The lowest BCUT2D eigenvalue weighted by molar-refractivity contribution is 0.0471. The van der Waals surface area contributed by atoms with Crippen LogP contribution in [0.25, 0.3) is 0 Å². The van der Waals surface area contributed by atoms with E-state index in [4.69, 9.17) is 15.0 Å². The van der Waals surface area contributed by atoms with Crippen LogP contribution in [0.15, 0.2) is 23.0 Å². The highest BCUT2D eigenvalue weighted by Gasteiger charge is 2.18. The predicted molar refractivity (Wildman–Crippen MR) is 49.9 cm³/mol. The van der Waals surface area contributed by atoms with E-state index in [-0.39, 0.29) is 12.1 Å². The Morgan fingerprint density at radius 3 is 2.92 bits per heavy atom. The first-order valence-corrected chi connectivity index (χ1v) is 4.39. The summed E-state index contributed by atoms with van der Waals surface area (Å²) in [7, 11) is 0. The van der Waals surface area contributed by atoms with Crippen LogP contribution in [0, 0.1) is 0 Å². The van der Waals surface area contributed by atoms with Gasteiger partial charge in [-0.1, -0.05) is 0 Å². The molecule has 1 heterocycles. The molecule has 0 aliphatic rings. The van der Waals surface area contributed by atoms with Crippen LogP contribution in [-0.2, 0) is 4.74 Å². The van der Waals surface area contributed by atoms with E-state index in [2.05, 4.69) is 5.43 Å².